The quantitative estimate of drug-likeness (QED) is 0.374. The standard InChI is InChI=1S/C33H42N2/c1-2-4-6-11-16-27(17-12-7-5-3-1)28-20-21-31-30(24-28)29-18-13-19-32-33(29)35(31)23-22-34(32)25-26-14-9-8-10-15-26/h8-10,14-16,20-21,24,32H,1-7,11-13,17-19,22-23,25H2. The van der Waals surface area contributed by atoms with Crippen LogP contribution in [0.25, 0.3) is 16.5 Å². The predicted molar refractivity (Wildman–Crippen MR) is 149 cm³/mol. The van der Waals surface area contributed by atoms with E-state index in [1.807, 2.05) is 0 Å². The van der Waals surface area contributed by atoms with Crippen molar-refractivity contribution in [1.29, 1.82) is 0 Å². The predicted octanol–water partition coefficient (Wildman–Crippen LogP) is 8.83. The lowest BCUT2D eigenvalue weighted by Crippen LogP contribution is -2.39. The van der Waals surface area contributed by atoms with Crippen molar-refractivity contribution in [1.82, 2.24) is 9.47 Å². The van der Waals surface area contributed by atoms with E-state index in [9.17, 15) is 0 Å². The van der Waals surface area contributed by atoms with Crippen LogP contribution in [0.5, 0.6) is 0 Å². The molecular formula is C33H42N2. The molecule has 0 saturated heterocycles. The molecule has 1 unspecified atom stereocenters. The lowest BCUT2D eigenvalue weighted by molar-refractivity contribution is 0.133. The van der Waals surface area contributed by atoms with Crippen LogP contribution in [0.15, 0.2) is 54.6 Å². The Hall–Kier alpha value is -2.32. The monoisotopic (exact) mass is 466 g/mol. The van der Waals surface area contributed by atoms with E-state index in [-0.39, 0.29) is 0 Å². The highest BCUT2D eigenvalue weighted by Crippen LogP contribution is 2.43. The molecule has 0 saturated carbocycles. The minimum atomic E-state index is 0.573. The molecule has 0 bridgehead atoms. The van der Waals surface area contributed by atoms with Gasteiger partial charge in [-0.25, -0.2) is 0 Å². The van der Waals surface area contributed by atoms with Gasteiger partial charge in [0.15, 0.2) is 0 Å². The molecule has 2 heterocycles. The minimum Gasteiger partial charge on any atom is -0.342 e. The van der Waals surface area contributed by atoms with Crippen molar-refractivity contribution in [2.45, 2.75) is 103 Å². The Morgan fingerprint density at radius 2 is 1.54 bits per heavy atom. The van der Waals surface area contributed by atoms with E-state index in [4.69, 9.17) is 0 Å². The maximum atomic E-state index is 2.75. The third-order valence-electron chi connectivity index (χ3n) is 8.87. The van der Waals surface area contributed by atoms with Gasteiger partial charge in [-0.15, -0.1) is 0 Å². The summed E-state index contributed by atoms with van der Waals surface area (Å²) in [5.74, 6) is 0. The van der Waals surface area contributed by atoms with E-state index in [0.717, 1.165) is 19.6 Å². The first-order valence-electron chi connectivity index (χ1n) is 14.5. The average molecular weight is 467 g/mol. The summed E-state index contributed by atoms with van der Waals surface area (Å²) in [6, 6.07) is 19.1. The summed E-state index contributed by atoms with van der Waals surface area (Å²) in [4.78, 5) is 2.75. The molecule has 1 aromatic heterocycles. The van der Waals surface area contributed by atoms with Crippen LogP contribution in [0.2, 0.25) is 0 Å². The number of fused-ring (bicyclic) bond motifs is 3. The number of nitrogens with zero attached hydrogens (tertiary/aromatic N) is 2. The summed E-state index contributed by atoms with van der Waals surface area (Å²) in [5, 5.41) is 1.55. The fourth-order valence-electron chi connectivity index (χ4n) is 7.05. The summed E-state index contributed by atoms with van der Waals surface area (Å²) in [6.45, 7) is 3.35. The first-order chi connectivity index (χ1) is 17.4. The molecule has 2 aliphatic carbocycles. The fraction of sp³-hybridized carbons (Fsp3) is 0.515. The van der Waals surface area contributed by atoms with E-state index in [1.165, 1.54) is 100 Å². The third-order valence-corrected chi connectivity index (χ3v) is 8.87. The summed E-state index contributed by atoms with van der Waals surface area (Å²) in [6.07, 6.45) is 20.2. The zero-order valence-corrected chi connectivity index (χ0v) is 21.5. The number of aryl methyl sites for hydroxylation is 1. The van der Waals surface area contributed by atoms with Crippen molar-refractivity contribution in [3.8, 4) is 0 Å². The number of aromatic nitrogens is 1. The van der Waals surface area contributed by atoms with Crippen molar-refractivity contribution >= 4 is 16.5 Å². The second-order valence-electron chi connectivity index (χ2n) is 11.2. The van der Waals surface area contributed by atoms with Gasteiger partial charge >= 0.3 is 0 Å². The van der Waals surface area contributed by atoms with E-state index < -0.39 is 0 Å². The van der Waals surface area contributed by atoms with Gasteiger partial charge in [-0.3, -0.25) is 4.90 Å². The van der Waals surface area contributed by atoms with Gasteiger partial charge in [0.1, 0.15) is 0 Å². The maximum Gasteiger partial charge on any atom is 0.0508 e. The molecule has 2 aromatic carbocycles. The molecule has 6 rings (SSSR count). The first-order valence-corrected chi connectivity index (χ1v) is 14.5. The number of hydrogen-bond acceptors (Lipinski definition) is 1. The lowest BCUT2D eigenvalue weighted by atomic mass is 9.88. The van der Waals surface area contributed by atoms with Crippen LogP contribution in [0.4, 0.5) is 0 Å². The van der Waals surface area contributed by atoms with Gasteiger partial charge in [0.25, 0.3) is 0 Å². The Bertz CT molecular complexity index is 1170. The van der Waals surface area contributed by atoms with Gasteiger partial charge in [-0.2, -0.15) is 0 Å². The summed E-state index contributed by atoms with van der Waals surface area (Å²) in [7, 11) is 0. The number of hydrogen-bond donors (Lipinski definition) is 0. The van der Waals surface area contributed by atoms with Crippen LogP contribution in [0.1, 0.15) is 105 Å². The Morgan fingerprint density at radius 1 is 0.743 bits per heavy atom. The Balaban J connectivity index is 1.32. The molecule has 2 heteroatoms. The van der Waals surface area contributed by atoms with Crippen LogP contribution in [-0.4, -0.2) is 16.0 Å². The summed E-state index contributed by atoms with van der Waals surface area (Å²) in [5.41, 5.74) is 9.33. The molecule has 0 amide bonds. The van der Waals surface area contributed by atoms with Gasteiger partial charge in [0.05, 0.1) is 6.04 Å². The van der Waals surface area contributed by atoms with Crippen molar-refractivity contribution in [2.24, 2.45) is 0 Å². The van der Waals surface area contributed by atoms with E-state index in [0.29, 0.717) is 6.04 Å². The van der Waals surface area contributed by atoms with Gasteiger partial charge < -0.3 is 4.57 Å². The lowest BCUT2D eigenvalue weighted by Gasteiger charge is -2.40. The van der Waals surface area contributed by atoms with Gasteiger partial charge in [0.2, 0.25) is 0 Å². The number of benzene rings is 2. The summed E-state index contributed by atoms with van der Waals surface area (Å²) >= 11 is 0. The van der Waals surface area contributed by atoms with Crippen LogP contribution in [-0.2, 0) is 19.5 Å². The number of rotatable bonds is 3. The van der Waals surface area contributed by atoms with Gasteiger partial charge in [-0.1, -0.05) is 81.0 Å². The molecule has 2 nitrogen and oxygen atoms in total. The van der Waals surface area contributed by atoms with E-state index in [2.05, 4.69) is 64.1 Å². The molecule has 0 radical (unpaired) electrons. The zero-order chi connectivity index (χ0) is 23.5. The zero-order valence-electron chi connectivity index (χ0n) is 21.5. The highest BCUT2D eigenvalue weighted by molar-refractivity contribution is 5.89. The minimum absolute atomic E-state index is 0.573. The molecule has 0 spiro atoms. The van der Waals surface area contributed by atoms with Crippen molar-refractivity contribution in [2.75, 3.05) is 6.54 Å². The topological polar surface area (TPSA) is 8.17 Å². The van der Waals surface area contributed by atoms with Crippen LogP contribution in [0, 0.1) is 0 Å². The maximum absolute atomic E-state index is 2.75. The second-order valence-corrected chi connectivity index (χ2v) is 11.2. The molecule has 3 aliphatic rings. The Morgan fingerprint density at radius 3 is 2.40 bits per heavy atom. The van der Waals surface area contributed by atoms with Crippen LogP contribution >= 0.6 is 0 Å². The van der Waals surface area contributed by atoms with Crippen molar-refractivity contribution in [3.63, 3.8) is 0 Å². The van der Waals surface area contributed by atoms with E-state index >= 15 is 0 Å². The molecule has 0 fully saturated rings. The average Bonchev–Trinajstić information content (AvgIpc) is 3.21. The second kappa shape index (κ2) is 10.7. The van der Waals surface area contributed by atoms with Crippen LogP contribution in [0.3, 0.4) is 0 Å². The molecular weight excluding hydrogens is 424 g/mol. The fourth-order valence-corrected chi connectivity index (χ4v) is 7.05. The summed E-state index contributed by atoms with van der Waals surface area (Å²) < 4.78 is 2.69. The highest BCUT2D eigenvalue weighted by Gasteiger charge is 2.34. The molecule has 3 aromatic rings. The van der Waals surface area contributed by atoms with Gasteiger partial charge in [0, 0.05) is 36.2 Å². The Labute approximate surface area is 212 Å². The molecule has 35 heavy (non-hydrogen) atoms. The van der Waals surface area contributed by atoms with Crippen molar-refractivity contribution < 1.29 is 0 Å². The highest BCUT2D eigenvalue weighted by atomic mass is 15.2. The van der Waals surface area contributed by atoms with Crippen molar-refractivity contribution in [3.05, 3.63) is 77.0 Å². The molecule has 1 atom stereocenters. The smallest absolute Gasteiger partial charge is 0.0508 e. The SMILES string of the molecule is C1=C(c2ccc3c(c2)c2c4n3CCN(Cc3ccccc3)C4CCC2)CCCCCCCCCC1. The van der Waals surface area contributed by atoms with Crippen LogP contribution < -0.4 is 0 Å². The largest absolute Gasteiger partial charge is 0.342 e. The Kier molecular flexibility index (Phi) is 7.09. The van der Waals surface area contributed by atoms with E-state index in [1.54, 1.807) is 22.2 Å². The molecule has 1 aliphatic heterocycles. The molecule has 184 valence electrons. The normalized spacial score (nSPS) is 22.2. The third kappa shape index (κ3) is 4.87. The number of allylic oxidation sites excluding steroid dienone is 2. The first kappa shape index (κ1) is 23.1. The van der Waals surface area contributed by atoms with Gasteiger partial charge in [-0.05, 0) is 79.3 Å². The molecule has 0 N–H and O–H groups in total.